The monoisotopic (exact) mass is 463 g/mol. The van der Waals surface area contributed by atoms with Gasteiger partial charge in [-0.3, -0.25) is 0 Å². The Morgan fingerprint density at radius 2 is 1.84 bits per heavy atom. The van der Waals surface area contributed by atoms with Gasteiger partial charge in [0.25, 0.3) is 0 Å². The lowest BCUT2D eigenvalue weighted by atomic mass is 9.96. The summed E-state index contributed by atoms with van der Waals surface area (Å²) in [6, 6.07) is 0. The Hall–Kier alpha value is -1.17. The highest BCUT2D eigenvalue weighted by Gasteiger charge is 2.60. The fourth-order valence-electron chi connectivity index (χ4n) is 3.36. The first-order valence-corrected chi connectivity index (χ1v) is 10.9. The molecule has 0 spiro atoms. The smallest absolute Gasteiger partial charge is 0.425 e. The first-order valence-electron chi connectivity index (χ1n) is 10.0. The topological polar surface area (TPSA) is 110 Å². The van der Waals surface area contributed by atoms with Gasteiger partial charge in [0.2, 0.25) is 11.6 Å². The van der Waals surface area contributed by atoms with Crippen molar-refractivity contribution in [3.05, 3.63) is 0 Å². The number of aliphatic hydroxyl groups is 1. The number of hydrogen-bond donors (Lipinski definition) is 1. The third kappa shape index (κ3) is 5.61. The van der Waals surface area contributed by atoms with E-state index in [1.165, 1.54) is 30.9 Å². The second-order valence-electron chi connectivity index (χ2n) is 8.66. The number of amides is 1. The van der Waals surface area contributed by atoms with E-state index in [4.69, 9.17) is 28.4 Å². The number of rotatable bonds is 4. The third-order valence-electron chi connectivity index (χ3n) is 5.33. The molecule has 0 aromatic heterocycles. The van der Waals surface area contributed by atoms with Gasteiger partial charge >= 0.3 is 11.3 Å². The van der Waals surface area contributed by atoms with Crippen LogP contribution in [0.4, 0.5) is 4.79 Å². The van der Waals surface area contributed by atoms with E-state index in [2.05, 4.69) is 11.4 Å². The van der Waals surface area contributed by atoms with Gasteiger partial charge in [-0.05, 0) is 34.6 Å². The van der Waals surface area contributed by atoms with Crippen LogP contribution in [0.2, 0.25) is 0 Å². The lowest BCUT2D eigenvalue weighted by Crippen LogP contribution is -2.69. The molecular formula is C20H35N2O8S+. The summed E-state index contributed by atoms with van der Waals surface area (Å²) in [4.78, 5) is 13.7. The summed E-state index contributed by atoms with van der Waals surface area (Å²) in [5, 5.41) is 10.2. The van der Waals surface area contributed by atoms with Crippen LogP contribution in [0.3, 0.4) is 0 Å². The summed E-state index contributed by atoms with van der Waals surface area (Å²) in [5.74, 6) is -2.37. The van der Waals surface area contributed by atoms with Gasteiger partial charge in [-0.2, -0.15) is 4.79 Å². The van der Waals surface area contributed by atoms with Crippen molar-refractivity contribution in [3.8, 4) is 0 Å². The molecule has 2 aliphatic heterocycles. The lowest BCUT2D eigenvalue weighted by Gasteiger charge is -2.55. The largest absolute Gasteiger partial charge is 0.508 e. The van der Waals surface area contributed by atoms with Gasteiger partial charge in [-0.1, -0.05) is 0 Å². The molecule has 31 heavy (non-hydrogen) atoms. The molecule has 10 nitrogen and oxygen atoms in total. The molecule has 0 aliphatic carbocycles. The van der Waals surface area contributed by atoms with E-state index >= 15 is 0 Å². The van der Waals surface area contributed by atoms with Crippen molar-refractivity contribution in [2.75, 3.05) is 27.9 Å². The molecule has 11 heteroatoms. The van der Waals surface area contributed by atoms with E-state index in [1.54, 1.807) is 41.7 Å². The number of amidine groups is 1. The molecule has 2 saturated heterocycles. The average Bonchev–Trinajstić information content (AvgIpc) is 2.70. The zero-order valence-electron chi connectivity index (χ0n) is 19.5. The van der Waals surface area contributed by atoms with Crippen LogP contribution >= 0.6 is 11.8 Å². The van der Waals surface area contributed by atoms with Gasteiger partial charge in [0.15, 0.2) is 6.72 Å². The van der Waals surface area contributed by atoms with Crippen LogP contribution in [0, 0.1) is 0 Å². The van der Waals surface area contributed by atoms with Gasteiger partial charge in [0.1, 0.15) is 23.2 Å². The van der Waals surface area contributed by atoms with E-state index < -0.39 is 47.0 Å². The molecule has 2 fully saturated rings. The SMILES string of the molecule is C=[N+]=C(SC1CC2OC(C)(OC)C(C)(OC)OC2C(CO)O1)N(C)C(=O)OC(C)(C)C. The van der Waals surface area contributed by atoms with E-state index in [0.29, 0.717) is 11.6 Å². The van der Waals surface area contributed by atoms with Crippen LogP contribution in [0.1, 0.15) is 41.0 Å². The summed E-state index contributed by atoms with van der Waals surface area (Å²) in [6.07, 6.45) is -1.86. The summed E-state index contributed by atoms with van der Waals surface area (Å²) in [7, 11) is 4.56. The van der Waals surface area contributed by atoms with Crippen LogP contribution in [0.25, 0.3) is 0 Å². The van der Waals surface area contributed by atoms with E-state index in [0.717, 1.165) is 0 Å². The zero-order valence-corrected chi connectivity index (χ0v) is 20.4. The molecule has 1 amide bonds. The molecule has 178 valence electrons. The maximum Gasteiger partial charge on any atom is 0.508 e. The van der Waals surface area contributed by atoms with Crippen molar-refractivity contribution < 1.29 is 38.3 Å². The van der Waals surface area contributed by atoms with Gasteiger partial charge in [-0.15, -0.1) is 4.90 Å². The molecule has 0 radical (unpaired) electrons. The van der Waals surface area contributed by atoms with Crippen molar-refractivity contribution in [2.24, 2.45) is 0 Å². The molecule has 1 N–H and O–H groups in total. The second-order valence-corrected chi connectivity index (χ2v) is 9.79. The van der Waals surface area contributed by atoms with Crippen LogP contribution < -0.4 is 4.67 Å². The Balaban J connectivity index is 2.17. The summed E-state index contributed by atoms with van der Waals surface area (Å²) >= 11 is 1.19. The standard InChI is InChI=1S/C20H35N2O8S/c1-18(2,3)30-17(24)22(7)16(21-6)31-14-10-12-15(13(11-23)27-14)29-20(5,26-9)19(4,25-8)28-12/h12-15,23H,6,10-11H2,1-5,7-9H3/q+1. The highest BCUT2D eigenvalue weighted by atomic mass is 32.2. The van der Waals surface area contributed by atoms with E-state index in [9.17, 15) is 9.90 Å². The Morgan fingerprint density at radius 1 is 1.26 bits per heavy atom. The lowest BCUT2D eigenvalue weighted by molar-refractivity contribution is -0.462. The van der Waals surface area contributed by atoms with Crippen LogP contribution in [0.5, 0.6) is 0 Å². The first-order chi connectivity index (χ1) is 14.3. The van der Waals surface area contributed by atoms with E-state index in [1.807, 2.05) is 0 Å². The minimum atomic E-state index is -1.20. The number of carbonyl (C=O) groups excluding carboxylic acids is 1. The predicted octanol–water partition coefficient (Wildman–Crippen LogP) is 1.33. The highest BCUT2D eigenvalue weighted by Crippen LogP contribution is 2.44. The molecule has 2 heterocycles. The number of nitrogens with zero attached hydrogens (tertiary/aromatic N) is 2. The zero-order chi connectivity index (χ0) is 23.6. The molecule has 0 bridgehead atoms. The minimum absolute atomic E-state index is 0.288. The maximum absolute atomic E-state index is 12.4. The molecular weight excluding hydrogens is 428 g/mol. The molecule has 6 atom stereocenters. The Kier molecular flexibility index (Phi) is 8.21. The minimum Gasteiger partial charge on any atom is -0.425 e. The molecule has 6 unspecified atom stereocenters. The molecule has 0 aromatic rings. The number of thioether (sulfide) groups is 1. The molecule has 2 aliphatic rings. The first kappa shape index (κ1) is 26.1. The number of aliphatic hydroxyl groups excluding tert-OH is 1. The third-order valence-corrected chi connectivity index (χ3v) is 6.51. The van der Waals surface area contributed by atoms with Crippen LogP contribution in [-0.4, -0.2) is 96.8 Å². The normalized spacial score (nSPS) is 35.6. The Labute approximate surface area is 187 Å². The fourth-order valence-corrected chi connectivity index (χ4v) is 4.39. The fraction of sp³-hybridized carbons (Fsp3) is 0.850. The molecule has 0 aromatic carbocycles. The second kappa shape index (κ2) is 9.76. The van der Waals surface area contributed by atoms with Crippen molar-refractivity contribution >= 4 is 29.7 Å². The number of ether oxygens (including phenoxy) is 6. The Bertz CT molecular complexity index is 710. The quantitative estimate of drug-likeness (QED) is 0.375. The van der Waals surface area contributed by atoms with Crippen molar-refractivity contribution in [1.29, 1.82) is 0 Å². The Morgan fingerprint density at radius 3 is 2.32 bits per heavy atom. The van der Waals surface area contributed by atoms with Gasteiger partial charge < -0.3 is 33.5 Å². The number of carbonyl (C=O) groups is 1. The van der Waals surface area contributed by atoms with Gasteiger partial charge in [0, 0.05) is 32.4 Å². The van der Waals surface area contributed by atoms with E-state index in [-0.39, 0.29) is 6.61 Å². The number of methoxy groups -OCH3 is 2. The molecule has 2 rings (SSSR count). The predicted molar refractivity (Wildman–Crippen MR) is 117 cm³/mol. The van der Waals surface area contributed by atoms with Crippen molar-refractivity contribution in [2.45, 2.75) is 82.0 Å². The number of hydrogen-bond acceptors (Lipinski definition) is 9. The molecule has 0 saturated carbocycles. The maximum atomic E-state index is 12.4. The van der Waals surface area contributed by atoms with Crippen molar-refractivity contribution in [1.82, 2.24) is 9.57 Å². The highest BCUT2D eigenvalue weighted by molar-refractivity contribution is 8.14. The number of fused-ring (bicyclic) bond motifs is 1. The summed E-state index contributed by atoms with van der Waals surface area (Å²) < 4.78 is 38.9. The van der Waals surface area contributed by atoms with Gasteiger partial charge in [-0.25, -0.2) is 4.67 Å². The van der Waals surface area contributed by atoms with Crippen LogP contribution in [-0.2, 0) is 28.4 Å². The average molecular weight is 464 g/mol. The van der Waals surface area contributed by atoms with Crippen LogP contribution in [0.15, 0.2) is 0 Å². The van der Waals surface area contributed by atoms with Crippen molar-refractivity contribution in [3.63, 3.8) is 0 Å². The summed E-state index contributed by atoms with van der Waals surface area (Å²) in [5.41, 5.74) is -1.13. The van der Waals surface area contributed by atoms with Gasteiger partial charge in [0.05, 0.1) is 19.8 Å². The summed E-state index contributed by atoms with van der Waals surface area (Å²) in [6.45, 7) is 12.1.